The van der Waals surface area contributed by atoms with E-state index in [0.29, 0.717) is 13.1 Å². The molecular weight excluding hydrogens is 466 g/mol. The minimum absolute atomic E-state index is 0.190. The molecule has 2 N–H and O–H groups in total. The van der Waals surface area contributed by atoms with Crippen LogP contribution in [0, 0.1) is 12.8 Å². The second kappa shape index (κ2) is 16.3. The highest BCUT2D eigenvalue weighted by molar-refractivity contribution is 5.92. The van der Waals surface area contributed by atoms with Gasteiger partial charge in [0.2, 0.25) is 11.8 Å². The number of nitrogens with zero attached hydrogens (tertiary/aromatic N) is 1. The third kappa shape index (κ3) is 12.0. The number of aryl methyl sites for hydroxylation is 1. The van der Waals surface area contributed by atoms with Crippen LogP contribution in [0.2, 0.25) is 0 Å². The Hall–Kier alpha value is -2.57. The average Bonchev–Trinajstić information content (AvgIpc) is 2.81. The maximum absolute atomic E-state index is 14.1. The molecule has 0 radical (unpaired) electrons. The van der Waals surface area contributed by atoms with Gasteiger partial charge in [0.25, 0.3) is 0 Å². The summed E-state index contributed by atoms with van der Waals surface area (Å²) in [6.07, 6.45) is 6.30. The van der Waals surface area contributed by atoms with E-state index in [9.17, 15) is 14.4 Å². The molecule has 0 aliphatic carbocycles. The molecule has 0 aliphatic heterocycles. The number of carbonyl (C=O) groups is 3. The monoisotopic (exact) mass is 517 g/mol. The third-order valence-electron chi connectivity index (χ3n) is 6.17. The number of unbranched alkanes of at least 4 members (excludes halogenated alkanes) is 5. The first-order chi connectivity index (χ1) is 17.4. The zero-order valence-electron chi connectivity index (χ0n) is 24.5. The van der Waals surface area contributed by atoms with E-state index in [1.165, 1.54) is 0 Å². The summed E-state index contributed by atoms with van der Waals surface area (Å²) >= 11 is 0. The van der Waals surface area contributed by atoms with Crippen LogP contribution < -0.4 is 10.6 Å². The second-order valence-electron chi connectivity index (χ2n) is 11.3. The quantitative estimate of drug-likeness (QED) is 0.267. The maximum atomic E-state index is 14.1. The number of benzene rings is 1. The lowest BCUT2D eigenvalue weighted by Gasteiger charge is -2.35. The van der Waals surface area contributed by atoms with Crippen molar-refractivity contribution in [2.24, 2.45) is 5.92 Å². The number of hydrogen-bond acceptors (Lipinski definition) is 4. The van der Waals surface area contributed by atoms with Gasteiger partial charge in [-0.25, -0.2) is 4.79 Å². The third-order valence-corrected chi connectivity index (χ3v) is 6.17. The first-order valence-corrected chi connectivity index (χ1v) is 14.1. The molecule has 0 bridgehead atoms. The molecule has 0 aliphatic rings. The Balaban J connectivity index is 3.37. The van der Waals surface area contributed by atoms with Crippen LogP contribution in [0.1, 0.15) is 111 Å². The van der Waals surface area contributed by atoms with E-state index in [1.54, 1.807) is 25.7 Å². The van der Waals surface area contributed by atoms with Crippen molar-refractivity contribution >= 4 is 17.9 Å². The van der Waals surface area contributed by atoms with Crippen LogP contribution in [-0.2, 0) is 14.3 Å². The fourth-order valence-electron chi connectivity index (χ4n) is 4.09. The molecule has 1 aromatic carbocycles. The lowest BCUT2D eigenvalue weighted by molar-refractivity contribution is -0.143. The summed E-state index contributed by atoms with van der Waals surface area (Å²) in [7, 11) is 0. The predicted molar refractivity (Wildman–Crippen MR) is 150 cm³/mol. The largest absolute Gasteiger partial charge is 0.444 e. The maximum Gasteiger partial charge on any atom is 0.408 e. The topological polar surface area (TPSA) is 87.7 Å². The standard InChI is InChI=1S/C30H51N3O4/c1-9-11-13-14-15-21-33(28(35)25(22(3)4)32-29(36)37-30(6,7)8)26(27(34)31-20-12-10-2)24-18-16-23(5)17-19-24/h16-19,22,25-26H,9-15,20-21H2,1-8H3,(H,31,34)(H,32,36). The summed E-state index contributed by atoms with van der Waals surface area (Å²) in [5.74, 6) is -0.656. The molecule has 1 aromatic rings. The van der Waals surface area contributed by atoms with E-state index in [4.69, 9.17) is 4.74 Å². The van der Waals surface area contributed by atoms with Crippen molar-refractivity contribution in [2.75, 3.05) is 13.1 Å². The molecule has 0 saturated carbocycles. The van der Waals surface area contributed by atoms with Crippen LogP contribution in [-0.4, -0.2) is 47.5 Å². The Morgan fingerprint density at radius 1 is 0.919 bits per heavy atom. The highest BCUT2D eigenvalue weighted by atomic mass is 16.6. The molecule has 7 nitrogen and oxygen atoms in total. The van der Waals surface area contributed by atoms with Crippen molar-refractivity contribution in [1.82, 2.24) is 15.5 Å². The first-order valence-electron chi connectivity index (χ1n) is 14.1. The van der Waals surface area contributed by atoms with Crippen molar-refractivity contribution in [2.45, 2.75) is 118 Å². The van der Waals surface area contributed by atoms with Gasteiger partial charge in [-0.05, 0) is 52.0 Å². The lowest BCUT2D eigenvalue weighted by atomic mass is 9.97. The Labute approximate surface area is 225 Å². The van der Waals surface area contributed by atoms with Gasteiger partial charge in [-0.1, -0.05) is 89.6 Å². The highest BCUT2D eigenvalue weighted by Gasteiger charge is 2.37. The van der Waals surface area contributed by atoms with Gasteiger partial charge in [0.1, 0.15) is 17.7 Å². The van der Waals surface area contributed by atoms with Crippen molar-refractivity contribution in [3.8, 4) is 0 Å². The Morgan fingerprint density at radius 3 is 2.05 bits per heavy atom. The van der Waals surface area contributed by atoms with Crippen LogP contribution in [0.5, 0.6) is 0 Å². The predicted octanol–water partition coefficient (Wildman–Crippen LogP) is 6.30. The van der Waals surface area contributed by atoms with E-state index < -0.39 is 23.8 Å². The Kier molecular flexibility index (Phi) is 14.3. The minimum atomic E-state index is -0.818. The number of rotatable bonds is 15. The van der Waals surface area contributed by atoms with Gasteiger partial charge in [-0.3, -0.25) is 9.59 Å². The molecule has 0 spiro atoms. The average molecular weight is 518 g/mol. The van der Waals surface area contributed by atoms with Gasteiger partial charge < -0.3 is 20.3 Å². The fraction of sp³-hybridized carbons (Fsp3) is 0.700. The van der Waals surface area contributed by atoms with Gasteiger partial charge in [-0.15, -0.1) is 0 Å². The lowest BCUT2D eigenvalue weighted by Crippen LogP contribution is -2.55. The molecule has 0 saturated heterocycles. The fourth-order valence-corrected chi connectivity index (χ4v) is 4.09. The second-order valence-corrected chi connectivity index (χ2v) is 11.3. The van der Waals surface area contributed by atoms with Crippen molar-refractivity contribution < 1.29 is 19.1 Å². The van der Waals surface area contributed by atoms with Crippen molar-refractivity contribution in [3.63, 3.8) is 0 Å². The number of nitrogens with one attached hydrogen (secondary N) is 2. The van der Waals surface area contributed by atoms with Gasteiger partial charge in [0.15, 0.2) is 0 Å². The number of carbonyl (C=O) groups excluding carboxylic acids is 3. The van der Waals surface area contributed by atoms with E-state index in [1.807, 2.05) is 45.0 Å². The summed E-state index contributed by atoms with van der Waals surface area (Å²) in [5.41, 5.74) is 1.16. The zero-order chi connectivity index (χ0) is 28.0. The number of hydrogen-bond donors (Lipinski definition) is 2. The van der Waals surface area contributed by atoms with Crippen molar-refractivity contribution in [3.05, 3.63) is 35.4 Å². The van der Waals surface area contributed by atoms with Crippen molar-refractivity contribution in [1.29, 1.82) is 0 Å². The van der Waals surface area contributed by atoms with E-state index in [-0.39, 0.29) is 17.7 Å². The zero-order valence-corrected chi connectivity index (χ0v) is 24.5. The van der Waals surface area contributed by atoms with Gasteiger partial charge in [-0.2, -0.15) is 0 Å². The van der Waals surface area contributed by atoms with Crippen LogP contribution in [0.25, 0.3) is 0 Å². The van der Waals surface area contributed by atoms with Crippen LogP contribution in [0.15, 0.2) is 24.3 Å². The Morgan fingerprint density at radius 2 is 1.51 bits per heavy atom. The van der Waals surface area contributed by atoms with Gasteiger partial charge in [0.05, 0.1) is 0 Å². The van der Waals surface area contributed by atoms with Crippen LogP contribution >= 0.6 is 0 Å². The summed E-state index contributed by atoms with van der Waals surface area (Å²) in [5, 5.41) is 5.82. The molecule has 210 valence electrons. The summed E-state index contributed by atoms with van der Waals surface area (Å²) < 4.78 is 5.44. The minimum Gasteiger partial charge on any atom is -0.444 e. The molecule has 2 unspecified atom stereocenters. The molecular formula is C30H51N3O4. The van der Waals surface area contributed by atoms with Crippen LogP contribution in [0.4, 0.5) is 4.79 Å². The molecule has 7 heteroatoms. The summed E-state index contributed by atoms with van der Waals surface area (Å²) in [6, 6.07) is 6.17. The molecule has 0 fully saturated rings. The summed E-state index contributed by atoms with van der Waals surface area (Å²) in [6.45, 7) is 16.4. The molecule has 2 atom stereocenters. The van der Waals surface area contributed by atoms with Gasteiger partial charge >= 0.3 is 6.09 Å². The SMILES string of the molecule is CCCCCCCN(C(=O)C(NC(=O)OC(C)(C)C)C(C)C)C(C(=O)NCCCC)c1ccc(C)cc1. The first kappa shape index (κ1) is 32.5. The number of alkyl carbamates (subject to hydrolysis) is 1. The smallest absolute Gasteiger partial charge is 0.408 e. The van der Waals surface area contributed by atoms with E-state index >= 15 is 0 Å². The molecule has 3 amide bonds. The molecule has 37 heavy (non-hydrogen) atoms. The Bertz CT molecular complexity index is 830. The molecule has 0 heterocycles. The summed E-state index contributed by atoms with van der Waals surface area (Å²) in [4.78, 5) is 42.0. The highest BCUT2D eigenvalue weighted by Crippen LogP contribution is 2.25. The van der Waals surface area contributed by atoms with E-state index in [0.717, 1.165) is 56.1 Å². The van der Waals surface area contributed by atoms with Gasteiger partial charge in [0, 0.05) is 13.1 Å². The van der Waals surface area contributed by atoms with E-state index in [2.05, 4.69) is 24.5 Å². The number of ether oxygens (including phenoxy) is 1. The molecule has 1 rings (SSSR count). The number of amides is 3. The van der Waals surface area contributed by atoms with Crippen LogP contribution in [0.3, 0.4) is 0 Å². The molecule has 0 aromatic heterocycles. The normalized spacial score (nSPS) is 13.1.